The Morgan fingerprint density at radius 1 is 1.19 bits per heavy atom. The van der Waals surface area contributed by atoms with Gasteiger partial charge in [-0.25, -0.2) is 13.6 Å². The highest BCUT2D eigenvalue weighted by Crippen LogP contribution is 2.19. The Labute approximate surface area is 152 Å². The quantitative estimate of drug-likeness (QED) is 0.649. The number of rotatable bonds is 7. The van der Waals surface area contributed by atoms with E-state index in [1.165, 1.54) is 24.5 Å². The first-order chi connectivity index (χ1) is 12.5. The number of amides is 3. The van der Waals surface area contributed by atoms with Crippen molar-refractivity contribution in [2.45, 2.75) is 45.1 Å². The smallest absolute Gasteiger partial charge is 0.321 e. The van der Waals surface area contributed by atoms with Crippen LogP contribution in [0, 0.1) is 11.6 Å². The Bertz CT molecular complexity index is 677. The van der Waals surface area contributed by atoms with Crippen LogP contribution < -0.4 is 16.0 Å². The summed E-state index contributed by atoms with van der Waals surface area (Å²) in [6, 6.07) is 2.67. The number of nitrogens with one attached hydrogen (secondary N) is 3. The first-order valence-corrected chi connectivity index (χ1v) is 8.89. The van der Waals surface area contributed by atoms with E-state index in [2.05, 4.69) is 22.0 Å². The molecule has 0 saturated carbocycles. The fraction of sp³-hybridized carbons (Fsp3) is 0.474. The molecule has 0 unspecified atom stereocenters. The fourth-order valence-corrected chi connectivity index (χ4v) is 2.83. The zero-order valence-electron chi connectivity index (χ0n) is 14.9. The molecule has 1 aliphatic carbocycles. The van der Waals surface area contributed by atoms with Crippen LogP contribution in [0.5, 0.6) is 0 Å². The lowest BCUT2D eigenvalue weighted by atomic mass is 9.97. The predicted octanol–water partition coefficient (Wildman–Crippen LogP) is 3.33. The van der Waals surface area contributed by atoms with Gasteiger partial charge in [0.15, 0.2) is 11.6 Å². The maximum Gasteiger partial charge on any atom is 0.321 e. The van der Waals surface area contributed by atoms with Crippen LogP contribution in [0.4, 0.5) is 13.6 Å². The average molecular weight is 365 g/mol. The summed E-state index contributed by atoms with van der Waals surface area (Å²) < 4.78 is 26.2. The van der Waals surface area contributed by atoms with E-state index in [-0.39, 0.29) is 12.6 Å². The summed E-state index contributed by atoms with van der Waals surface area (Å²) in [7, 11) is 0. The zero-order chi connectivity index (χ0) is 18.9. The average Bonchev–Trinajstić information content (AvgIpc) is 2.63. The highest BCUT2D eigenvalue weighted by Gasteiger charge is 2.12. The van der Waals surface area contributed by atoms with Crippen molar-refractivity contribution in [3.05, 3.63) is 47.0 Å². The first kappa shape index (κ1) is 20.0. The summed E-state index contributed by atoms with van der Waals surface area (Å²) in [5, 5.41) is 7.77. The number of urea groups is 1. The molecule has 0 fully saturated rings. The molecule has 1 aromatic carbocycles. The van der Waals surface area contributed by atoms with Crippen molar-refractivity contribution < 1.29 is 18.4 Å². The van der Waals surface area contributed by atoms with Gasteiger partial charge in [0, 0.05) is 12.6 Å². The number of carbonyl (C=O) groups is 2. The molecule has 1 aromatic rings. The van der Waals surface area contributed by atoms with Crippen LogP contribution in [0.2, 0.25) is 0 Å². The van der Waals surface area contributed by atoms with Gasteiger partial charge in [0.2, 0.25) is 5.91 Å². The molecule has 142 valence electrons. The Balaban J connectivity index is 1.66. The van der Waals surface area contributed by atoms with Crippen LogP contribution in [0.3, 0.4) is 0 Å². The van der Waals surface area contributed by atoms with Crippen molar-refractivity contribution in [3.63, 3.8) is 0 Å². The highest BCUT2D eigenvalue weighted by atomic mass is 19.2. The monoisotopic (exact) mass is 365 g/mol. The van der Waals surface area contributed by atoms with Crippen LogP contribution in [-0.4, -0.2) is 25.0 Å². The molecule has 26 heavy (non-hydrogen) atoms. The van der Waals surface area contributed by atoms with Crippen molar-refractivity contribution in [1.82, 2.24) is 16.0 Å². The van der Waals surface area contributed by atoms with E-state index in [1.807, 2.05) is 0 Å². The van der Waals surface area contributed by atoms with Gasteiger partial charge in [-0.15, -0.1) is 0 Å². The molecule has 0 aromatic heterocycles. The van der Waals surface area contributed by atoms with Gasteiger partial charge in [-0.05, 0) is 56.7 Å². The third kappa shape index (κ3) is 6.55. The topological polar surface area (TPSA) is 70.2 Å². The second-order valence-electron chi connectivity index (χ2n) is 6.44. The Morgan fingerprint density at radius 2 is 2.00 bits per heavy atom. The van der Waals surface area contributed by atoms with E-state index in [9.17, 15) is 18.4 Å². The largest absolute Gasteiger partial charge is 0.337 e. The number of benzene rings is 1. The molecule has 2 rings (SSSR count). The normalized spacial score (nSPS) is 15.1. The minimum Gasteiger partial charge on any atom is -0.337 e. The summed E-state index contributed by atoms with van der Waals surface area (Å²) in [4.78, 5) is 23.5. The maximum absolute atomic E-state index is 13.2. The Kier molecular flexibility index (Phi) is 7.72. The van der Waals surface area contributed by atoms with Crippen molar-refractivity contribution in [1.29, 1.82) is 0 Å². The summed E-state index contributed by atoms with van der Waals surface area (Å²) in [6.07, 6.45) is 7.61. The molecule has 0 radical (unpaired) electrons. The van der Waals surface area contributed by atoms with E-state index >= 15 is 0 Å². The molecule has 7 heteroatoms. The summed E-state index contributed by atoms with van der Waals surface area (Å²) >= 11 is 0. The lowest BCUT2D eigenvalue weighted by Gasteiger charge is -2.15. The summed E-state index contributed by atoms with van der Waals surface area (Å²) in [6.45, 7) is 2.10. The fourth-order valence-electron chi connectivity index (χ4n) is 2.83. The number of hydrogen-bond acceptors (Lipinski definition) is 3. The minimum absolute atomic E-state index is 0.112. The number of allylic oxidation sites excluding steroid dienone is 1. The lowest BCUT2D eigenvalue weighted by Crippen LogP contribution is -2.44. The van der Waals surface area contributed by atoms with E-state index in [0.717, 1.165) is 31.4 Å². The van der Waals surface area contributed by atoms with Crippen LogP contribution in [-0.2, 0) is 4.79 Å². The van der Waals surface area contributed by atoms with E-state index in [0.29, 0.717) is 12.1 Å². The van der Waals surface area contributed by atoms with Gasteiger partial charge in [0.25, 0.3) is 0 Å². The molecule has 1 aliphatic rings. The Hall–Kier alpha value is -2.28. The molecule has 0 heterocycles. The molecule has 0 aliphatic heterocycles. The highest BCUT2D eigenvalue weighted by molar-refractivity contribution is 5.95. The zero-order valence-corrected chi connectivity index (χ0v) is 14.9. The minimum atomic E-state index is -0.937. The standard InChI is InChI=1S/C19H25F2N3O2/c1-13(15-7-8-16(20)17(21)11-15)23-12-18(25)24-19(26)22-10-9-14-5-3-2-4-6-14/h5,7-8,11,13,23H,2-4,6,9-10,12H2,1H3,(H2,22,24,25,26)/t13-/m0/s1. The summed E-state index contributed by atoms with van der Waals surface area (Å²) in [5.74, 6) is -2.35. The molecule has 3 amide bonds. The molecule has 1 atom stereocenters. The van der Waals surface area contributed by atoms with Gasteiger partial charge in [0.1, 0.15) is 0 Å². The van der Waals surface area contributed by atoms with Crippen molar-refractivity contribution >= 4 is 11.9 Å². The van der Waals surface area contributed by atoms with Crippen molar-refractivity contribution in [3.8, 4) is 0 Å². The molecular weight excluding hydrogens is 340 g/mol. The second-order valence-corrected chi connectivity index (χ2v) is 6.44. The first-order valence-electron chi connectivity index (χ1n) is 8.89. The molecule has 5 nitrogen and oxygen atoms in total. The van der Waals surface area contributed by atoms with Crippen LogP contribution in [0.25, 0.3) is 0 Å². The third-order valence-electron chi connectivity index (χ3n) is 4.38. The second kappa shape index (κ2) is 10.0. The van der Waals surface area contributed by atoms with Crippen LogP contribution >= 0.6 is 0 Å². The van der Waals surface area contributed by atoms with Gasteiger partial charge >= 0.3 is 6.03 Å². The van der Waals surface area contributed by atoms with E-state index < -0.39 is 23.6 Å². The predicted molar refractivity (Wildman–Crippen MR) is 95.5 cm³/mol. The molecule has 0 spiro atoms. The van der Waals surface area contributed by atoms with E-state index in [4.69, 9.17) is 0 Å². The SMILES string of the molecule is C[C@H](NCC(=O)NC(=O)NCCC1=CCCCC1)c1ccc(F)c(F)c1. The number of carbonyl (C=O) groups excluding carboxylic acids is 2. The number of halogens is 2. The molecule has 3 N–H and O–H groups in total. The van der Waals surface area contributed by atoms with Crippen LogP contribution in [0.1, 0.15) is 50.6 Å². The number of imide groups is 1. The summed E-state index contributed by atoms with van der Waals surface area (Å²) in [5.41, 5.74) is 1.87. The maximum atomic E-state index is 13.2. The molecular formula is C19H25F2N3O2. The van der Waals surface area contributed by atoms with Crippen molar-refractivity contribution in [2.24, 2.45) is 0 Å². The van der Waals surface area contributed by atoms with Gasteiger partial charge in [-0.3, -0.25) is 10.1 Å². The third-order valence-corrected chi connectivity index (χ3v) is 4.38. The molecule has 0 saturated heterocycles. The van der Waals surface area contributed by atoms with Gasteiger partial charge in [-0.1, -0.05) is 17.7 Å². The number of hydrogen-bond donors (Lipinski definition) is 3. The van der Waals surface area contributed by atoms with Gasteiger partial charge in [0.05, 0.1) is 6.54 Å². The van der Waals surface area contributed by atoms with Crippen molar-refractivity contribution in [2.75, 3.05) is 13.1 Å². The Morgan fingerprint density at radius 3 is 2.69 bits per heavy atom. The van der Waals surface area contributed by atoms with Crippen LogP contribution in [0.15, 0.2) is 29.8 Å². The van der Waals surface area contributed by atoms with E-state index in [1.54, 1.807) is 6.92 Å². The van der Waals surface area contributed by atoms with Gasteiger partial charge in [-0.2, -0.15) is 0 Å². The van der Waals surface area contributed by atoms with Gasteiger partial charge < -0.3 is 10.6 Å². The lowest BCUT2D eigenvalue weighted by molar-refractivity contribution is -0.119. The molecule has 0 bridgehead atoms.